The molecule has 0 spiro atoms. The van der Waals surface area contributed by atoms with E-state index in [4.69, 9.17) is 4.74 Å². The smallest absolute Gasteiger partial charge is 0.379 e. The molecular formula is C19H24F3N5O. The van der Waals surface area contributed by atoms with Crippen LogP contribution in [0.1, 0.15) is 11.3 Å². The van der Waals surface area contributed by atoms with Gasteiger partial charge in [-0.05, 0) is 24.1 Å². The zero-order chi connectivity index (χ0) is 20.1. The summed E-state index contributed by atoms with van der Waals surface area (Å²) in [7, 11) is 3.27. The Morgan fingerprint density at radius 1 is 1.11 bits per heavy atom. The first-order valence-corrected chi connectivity index (χ1v) is 9.11. The molecule has 0 unspecified atom stereocenters. The number of morpholine rings is 1. The molecule has 9 heteroatoms. The minimum absolute atomic E-state index is 0.0837. The summed E-state index contributed by atoms with van der Waals surface area (Å²) in [6.45, 7) is 4.39. The fourth-order valence-corrected chi connectivity index (χ4v) is 2.86. The number of hydrogen-bond donors (Lipinski definition) is 1. The molecule has 0 amide bonds. The van der Waals surface area contributed by atoms with Gasteiger partial charge in [-0.1, -0.05) is 12.1 Å². The Morgan fingerprint density at radius 2 is 1.79 bits per heavy atom. The minimum atomic E-state index is -4.53. The van der Waals surface area contributed by atoms with E-state index in [1.54, 1.807) is 14.1 Å². The molecule has 1 saturated heterocycles. The highest BCUT2D eigenvalue weighted by atomic mass is 19.4. The molecule has 0 atom stereocenters. The molecular weight excluding hydrogens is 371 g/mol. The van der Waals surface area contributed by atoms with Gasteiger partial charge in [-0.3, -0.25) is 4.90 Å². The molecule has 1 aliphatic rings. The molecule has 0 saturated carbocycles. The molecule has 2 aromatic rings. The summed E-state index contributed by atoms with van der Waals surface area (Å²) in [5, 5.41) is 2.87. The largest absolute Gasteiger partial charge is 0.433 e. The second-order valence-electron chi connectivity index (χ2n) is 6.85. The Bertz CT molecular complexity index is 774. The third kappa shape index (κ3) is 5.56. The van der Waals surface area contributed by atoms with Gasteiger partial charge >= 0.3 is 6.18 Å². The van der Waals surface area contributed by atoms with Crippen molar-refractivity contribution in [2.75, 3.05) is 57.2 Å². The summed E-state index contributed by atoms with van der Waals surface area (Å²) in [6.07, 6.45) is -3.63. The van der Waals surface area contributed by atoms with Gasteiger partial charge in [0.15, 0.2) is 5.69 Å². The molecule has 0 aliphatic carbocycles. The summed E-state index contributed by atoms with van der Waals surface area (Å²) in [5.74, 6) is 0.103. The van der Waals surface area contributed by atoms with Gasteiger partial charge in [0.05, 0.1) is 13.2 Å². The van der Waals surface area contributed by atoms with Crippen molar-refractivity contribution in [1.82, 2.24) is 14.9 Å². The third-order valence-electron chi connectivity index (χ3n) is 4.49. The average molecular weight is 395 g/mol. The first-order valence-electron chi connectivity index (χ1n) is 9.11. The Balaban J connectivity index is 1.67. The van der Waals surface area contributed by atoms with Gasteiger partial charge in [0.1, 0.15) is 5.82 Å². The predicted octanol–water partition coefficient (Wildman–Crippen LogP) is 3.18. The van der Waals surface area contributed by atoms with Crippen LogP contribution in [0.4, 0.5) is 30.6 Å². The van der Waals surface area contributed by atoms with Crippen LogP contribution in [0.2, 0.25) is 0 Å². The van der Waals surface area contributed by atoms with Gasteiger partial charge in [-0.15, -0.1) is 0 Å². The van der Waals surface area contributed by atoms with Crippen molar-refractivity contribution in [3.05, 3.63) is 41.6 Å². The summed E-state index contributed by atoms with van der Waals surface area (Å²) < 4.78 is 44.6. The van der Waals surface area contributed by atoms with E-state index in [0.29, 0.717) is 5.69 Å². The van der Waals surface area contributed by atoms with Gasteiger partial charge in [0, 0.05) is 45.5 Å². The van der Waals surface area contributed by atoms with Crippen molar-refractivity contribution >= 4 is 17.5 Å². The number of rotatable bonds is 6. The van der Waals surface area contributed by atoms with Crippen LogP contribution in [-0.4, -0.2) is 61.8 Å². The number of nitrogens with one attached hydrogen (secondary N) is 1. The van der Waals surface area contributed by atoms with Crippen LogP contribution in [0, 0.1) is 0 Å². The maximum atomic E-state index is 13.1. The lowest BCUT2D eigenvalue weighted by atomic mass is 10.1. The van der Waals surface area contributed by atoms with Gasteiger partial charge < -0.3 is 15.0 Å². The summed E-state index contributed by atoms with van der Waals surface area (Å²) >= 11 is 0. The number of nitrogens with zero attached hydrogens (tertiary/aromatic N) is 4. The van der Waals surface area contributed by atoms with Crippen LogP contribution in [0.5, 0.6) is 0 Å². The highest BCUT2D eigenvalue weighted by Gasteiger charge is 2.34. The van der Waals surface area contributed by atoms with Crippen molar-refractivity contribution in [2.24, 2.45) is 0 Å². The summed E-state index contributed by atoms with van der Waals surface area (Å²) in [5.41, 5.74) is 0.825. The normalized spacial score (nSPS) is 15.5. The van der Waals surface area contributed by atoms with Crippen LogP contribution >= 0.6 is 0 Å². The highest BCUT2D eigenvalue weighted by molar-refractivity contribution is 5.56. The molecule has 1 aliphatic heterocycles. The standard InChI is InChI=1S/C19H24F3N5O/c1-26(2)17-13-16(19(20,21)22)24-18(25-17)23-15-5-3-14(4-6-15)7-8-27-9-11-28-12-10-27/h3-6,13H,7-12H2,1-2H3,(H,23,24,25). The lowest BCUT2D eigenvalue weighted by molar-refractivity contribution is -0.141. The van der Waals surface area contributed by atoms with Crippen molar-refractivity contribution < 1.29 is 17.9 Å². The molecule has 1 aromatic carbocycles. The van der Waals surface area contributed by atoms with Crippen LogP contribution in [0.25, 0.3) is 0 Å². The quantitative estimate of drug-likeness (QED) is 0.811. The minimum Gasteiger partial charge on any atom is -0.379 e. The molecule has 152 valence electrons. The lowest BCUT2D eigenvalue weighted by Gasteiger charge is -2.26. The van der Waals surface area contributed by atoms with E-state index in [1.165, 1.54) is 4.90 Å². The number of aromatic nitrogens is 2. The van der Waals surface area contributed by atoms with Gasteiger partial charge in [0.25, 0.3) is 0 Å². The first kappa shape index (κ1) is 20.3. The first-order chi connectivity index (χ1) is 13.3. The van der Waals surface area contributed by atoms with Crippen molar-refractivity contribution in [3.63, 3.8) is 0 Å². The van der Waals surface area contributed by atoms with Crippen LogP contribution in [0.15, 0.2) is 30.3 Å². The van der Waals surface area contributed by atoms with Crippen LogP contribution in [-0.2, 0) is 17.3 Å². The fourth-order valence-electron chi connectivity index (χ4n) is 2.86. The number of alkyl halides is 3. The lowest BCUT2D eigenvalue weighted by Crippen LogP contribution is -2.37. The Hall–Kier alpha value is -2.39. The average Bonchev–Trinajstić information content (AvgIpc) is 2.67. The predicted molar refractivity (Wildman–Crippen MR) is 102 cm³/mol. The molecule has 3 rings (SSSR count). The van der Waals surface area contributed by atoms with Crippen molar-refractivity contribution in [1.29, 1.82) is 0 Å². The van der Waals surface area contributed by atoms with E-state index in [1.807, 2.05) is 24.3 Å². The van der Waals surface area contributed by atoms with Gasteiger partial charge in [0.2, 0.25) is 5.95 Å². The van der Waals surface area contributed by atoms with Crippen molar-refractivity contribution in [2.45, 2.75) is 12.6 Å². The zero-order valence-corrected chi connectivity index (χ0v) is 16.0. The number of halogens is 3. The third-order valence-corrected chi connectivity index (χ3v) is 4.49. The molecule has 1 fully saturated rings. The number of ether oxygens (including phenoxy) is 1. The Kier molecular flexibility index (Phi) is 6.35. The zero-order valence-electron chi connectivity index (χ0n) is 16.0. The fraction of sp³-hybridized carbons (Fsp3) is 0.474. The number of hydrogen-bond acceptors (Lipinski definition) is 6. The second kappa shape index (κ2) is 8.74. The van der Waals surface area contributed by atoms with Crippen LogP contribution < -0.4 is 10.2 Å². The molecule has 2 heterocycles. The van der Waals surface area contributed by atoms with E-state index in [-0.39, 0.29) is 11.8 Å². The molecule has 28 heavy (non-hydrogen) atoms. The molecule has 1 N–H and O–H groups in total. The summed E-state index contributed by atoms with van der Waals surface area (Å²) in [4.78, 5) is 11.6. The monoisotopic (exact) mass is 395 g/mol. The van der Waals surface area contributed by atoms with E-state index in [2.05, 4.69) is 20.2 Å². The van der Waals surface area contributed by atoms with Gasteiger partial charge in [-0.2, -0.15) is 18.2 Å². The van der Waals surface area contributed by atoms with E-state index in [0.717, 1.165) is 50.9 Å². The Labute approximate surface area is 162 Å². The Morgan fingerprint density at radius 3 is 2.39 bits per heavy atom. The maximum absolute atomic E-state index is 13.1. The van der Waals surface area contributed by atoms with E-state index in [9.17, 15) is 13.2 Å². The van der Waals surface area contributed by atoms with E-state index < -0.39 is 11.9 Å². The molecule has 0 radical (unpaired) electrons. The van der Waals surface area contributed by atoms with E-state index >= 15 is 0 Å². The second-order valence-corrected chi connectivity index (χ2v) is 6.85. The number of benzene rings is 1. The molecule has 6 nitrogen and oxygen atoms in total. The summed E-state index contributed by atoms with van der Waals surface area (Å²) in [6, 6.07) is 8.51. The van der Waals surface area contributed by atoms with Crippen molar-refractivity contribution in [3.8, 4) is 0 Å². The topological polar surface area (TPSA) is 53.5 Å². The van der Waals surface area contributed by atoms with Crippen LogP contribution in [0.3, 0.4) is 0 Å². The molecule has 0 bridgehead atoms. The SMILES string of the molecule is CN(C)c1cc(C(F)(F)F)nc(Nc2ccc(CCN3CCOCC3)cc2)n1. The van der Waals surface area contributed by atoms with Gasteiger partial charge in [-0.25, -0.2) is 4.98 Å². The highest BCUT2D eigenvalue weighted by Crippen LogP contribution is 2.30. The molecule has 1 aromatic heterocycles. The number of anilines is 3. The maximum Gasteiger partial charge on any atom is 0.433 e.